The molecule has 0 radical (unpaired) electrons. The summed E-state index contributed by atoms with van der Waals surface area (Å²) in [6, 6.07) is 9.08. The van der Waals surface area contributed by atoms with Gasteiger partial charge >= 0.3 is 0 Å². The highest BCUT2D eigenvalue weighted by Crippen LogP contribution is 2.33. The average Bonchev–Trinajstić information content (AvgIpc) is 3.13. The minimum Gasteiger partial charge on any atom is -0.494 e. The molecule has 1 aromatic carbocycles. The van der Waals surface area contributed by atoms with Crippen molar-refractivity contribution in [2.45, 2.75) is 45.7 Å². The van der Waals surface area contributed by atoms with Gasteiger partial charge in [0.25, 0.3) is 0 Å². The molecule has 5 heteroatoms. The number of likely N-dealkylation sites (tertiary alicyclic amines) is 1. The number of hydrogen-bond donors (Lipinski definition) is 0. The van der Waals surface area contributed by atoms with Gasteiger partial charge in [-0.1, -0.05) is 12.1 Å². The lowest BCUT2D eigenvalue weighted by Gasteiger charge is -2.37. The van der Waals surface area contributed by atoms with Crippen molar-refractivity contribution >= 4 is 5.91 Å². The predicted octanol–water partition coefficient (Wildman–Crippen LogP) is 2.77. The fraction of sp³-hybridized carbons (Fsp3) is 0.667. The van der Waals surface area contributed by atoms with Gasteiger partial charge in [-0.3, -0.25) is 14.6 Å². The summed E-state index contributed by atoms with van der Waals surface area (Å²) in [4.78, 5) is 19.8. The Labute approximate surface area is 157 Å². The second kappa shape index (κ2) is 8.87. The Balaban J connectivity index is 1.56. The van der Waals surface area contributed by atoms with Gasteiger partial charge in [-0.2, -0.15) is 0 Å². The second-order valence-electron chi connectivity index (χ2n) is 7.65. The largest absolute Gasteiger partial charge is 0.494 e. The Morgan fingerprint density at radius 2 is 1.81 bits per heavy atom. The van der Waals surface area contributed by atoms with Crippen LogP contribution in [0.25, 0.3) is 0 Å². The molecule has 1 aromatic rings. The lowest BCUT2D eigenvalue weighted by Crippen LogP contribution is -2.51. The SMILES string of the molecule is CCOc1ccc(C2CCCN2C(=O)CN2CCN(C(C)C)CC2)cc1. The van der Waals surface area contributed by atoms with Crippen LogP contribution in [0.5, 0.6) is 5.75 Å². The molecule has 2 saturated heterocycles. The monoisotopic (exact) mass is 359 g/mol. The quantitative estimate of drug-likeness (QED) is 0.782. The zero-order valence-corrected chi connectivity index (χ0v) is 16.5. The highest BCUT2D eigenvalue weighted by atomic mass is 16.5. The van der Waals surface area contributed by atoms with Crippen LogP contribution >= 0.6 is 0 Å². The minimum atomic E-state index is 0.218. The van der Waals surface area contributed by atoms with Gasteiger partial charge in [-0.25, -0.2) is 0 Å². The van der Waals surface area contributed by atoms with Gasteiger partial charge in [0.15, 0.2) is 0 Å². The van der Waals surface area contributed by atoms with E-state index < -0.39 is 0 Å². The first-order valence-corrected chi connectivity index (χ1v) is 10.1. The molecule has 0 spiro atoms. The Morgan fingerprint density at radius 1 is 1.12 bits per heavy atom. The standard InChI is InChI=1S/C21H33N3O2/c1-4-26-19-9-7-18(8-10-19)20-6-5-11-24(20)21(25)16-22-12-14-23(15-13-22)17(2)3/h7-10,17,20H,4-6,11-16H2,1-3H3. The van der Waals surface area contributed by atoms with Crippen LogP contribution in [-0.4, -0.2) is 72.5 Å². The normalized spacial score (nSPS) is 22.2. The van der Waals surface area contributed by atoms with Gasteiger partial charge < -0.3 is 9.64 Å². The topological polar surface area (TPSA) is 36.0 Å². The van der Waals surface area contributed by atoms with E-state index in [9.17, 15) is 4.79 Å². The molecule has 2 heterocycles. The van der Waals surface area contributed by atoms with Crippen LogP contribution in [-0.2, 0) is 4.79 Å². The molecule has 144 valence electrons. The van der Waals surface area contributed by atoms with Crippen molar-refractivity contribution in [3.05, 3.63) is 29.8 Å². The summed E-state index contributed by atoms with van der Waals surface area (Å²) in [5, 5.41) is 0. The number of carbonyl (C=O) groups excluding carboxylic acids is 1. The summed E-state index contributed by atoms with van der Waals surface area (Å²) < 4.78 is 5.53. The number of hydrogen-bond acceptors (Lipinski definition) is 4. The summed E-state index contributed by atoms with van der Waals surface area (Å²) >= 11 is 0. The third-order valence-corrected chi connectivity index (χ3v) is 5.65. The smallest absolute Gasteiger partial charge is 0.237 e. The lowest BCUT2D eigenvalue weighted by molar-refractivity contribution is -0.133. The summed E-state index contributed by atoms with van der Waals surface area (Å²) in [6.45, 7) is 12.7. The predicted molar refractivity (Wildman–Crippen MR) is 104 cm³/mol. The number of benzene rings is 1. The molecule has 3 rings (SSSR count). The van der Waals surface area contributed by atoms with Crippen molar-refractivity contribution in [3.8, 4) is 5.75 Å². The van der Waals surface area contributed by atoms with Gasteiger partial charge in [0.05, 0.1) is 19.2 Å². The van der Waals surface area contributed by atoms with Gasteiger partial charge in [-0.05, 0) is 51.3 Å². The van der Waals surface area contributed by atoms with E-state index in [4.69, 9.17) is 4.74 Å². The number of amides is 1. The summed E-state index contributed by atoms with van der Waals surface area (Å²) in [6.07, 6.45) is 2.14. The van der Waals surface area contributed by atoms with Crippen molar-refractivity contribution in [2.75, 3.05) is 45.9 Å². The Hall–Kier alpha value is -1.59. The van der Waals surface area contributed by atoms with Crippen LogP contribution < -0.4 is 4.74 Å². The first-order chi connectivity index (χ1) is 12.6. The third-order valence-electron chi connectivity index (χ3n) is 5.65. The zero-order chi connectivity index (χ0) is 18.5. The maximum Gasteiger partial charge on any atom is 0.237 e. The van der Waals surface area contributed by atoms with Crippen molar-refractivity contribution in [2.24, 2.45) is 0 Å². The fourth-order valence-corrected chi connectivity index (χ4v) is 4.08. The van der Waals surface area contributed by atoms with E-state index in [2.05, 4.69) is 40.7 Å². The molecule has 0 aliphatic carbocycles. The van der Waals surface area contributed by atoms with E-state index in [1.165, 1.54) is 5.56 Å². The van der Waals surface area contributed by atoms with Gasteiger partial charge in [0.1, 0.15) is 5.75 Å². The first-order valence-electron chi connectivity index (χ1n) is 10.1. The maximum atomic E-state index is 12.9. The lowest BCUT2D eigenvalue weighted by atomic mass is 10.0. The van der Waals surface area contributed by atoms with Crippen molar-refractivity contribution in [3.63, 3.8) is 0 Å². The molecule has 1 atom stereocenters. The highest BCUT2D eigenvalue weighted by molar-refractivity contribution is 5.79. The van der Waals surface area contributed by atoms with E-state index >= 15 is 0 Å². The average molecular weight is 360 g/mol. The second-order valence-corrected chi connectivity index (χ2v) is 7.65. The van der Waals surface area contributed by atoms with Gasteiger partial charge in [-0.15, -0.1) is 0 Å². The third kappa shape index (κ3) is 4.57. The van der Waals surface area contributed by atoms with Crippen LogP contribution in [0.1, 0.15) is 45.2 Å². The molecule has 0 N–H and O–H groups in total. The number of ether oxygens (including phenoxy) is 1. The molecule has 1 amide bonds. The summed E-state index contributed by atoms with van der Waals surface area (Å²) in [5.41, 5.74) is 1.23. The van der Waals surface area contributed by atoms with E-state index in [1.54, 1.807) is 0 Å². The number of rotatable bonds is 6. The van der Waals surface area contributed by atoms with E-state index in [-0.39, 0.29) is 11.9 Å². The molecule has 0 aromatic heterocycles. The van der Waals surface area contributed by atoms with Gasteiger partial charge in [0.2, 0.25) is 5.91 Å². The highest BCUT2D eigenvalue weighted by Gasteiger charge is 2.31. The number of nitrogens with zero attached hydrogens (tertiary/aromatic N) is 3. The fourth-order valence-electron chi connectivity index (χ4n) is 4.08. The molecular formula is C21H33N3O2. The number of carbonyl (C=O) groups is 1. The van der Waals surface area contributed by atoms with Gasteiger partial charge in [0, 0.05) is 38.8 Å². The summed E-state index contributed by atoms with van der Waals surface area (Å²) in [7, 11) is 0. The van der Waals surface area contributed by atoms with Crippen molar-refractivity contribution in [1.29, 1.82) is 0 Å². The molecule has 26 heavy (non-hydrogen) atoms. The molecule has 2 fully saturated rings. The molecule has 0 saturated carbocycles. The van der Waals surface area contributed by atoms with E-state index in [0.717, 1.165) is 51.3 Å². The molecule has 1 unspecified atom stereocenters. The van der Waals surface area contributed by atoms with E-state index in [0.29, 0.717) is 19.2 Å². The Kier molecular flexibility index (Phi) is 6.54. The molecule has 2 aliphatic rings. The molecule has 2 aliphatic heterocycles. The maximum absolute atomic E-state index is 12.9. The minimum absolute atomic E-state index is 0.218. The Bertz CT molecular complexity index is 579. The Morgan fingerprint density at radius 3 is 2.42 bits per heavy atom. The van der Waals surface area contributed by atoms with Crippen LogP contribution in [0.3, 0.4) is 0 Å². The zero-order valence-electron chi connectivity index (χ0n) is 16.5. The molecule has 0 bridgehead atoms. The molecular weight excluding hydrogens is 326 g/mol. The van der Waals surface area contributed by atoms with E-state index in [1.807, 2.05) is 19.1 Å². The van der Waals surface area contributed by atoms with Crippen molar-refractivity contribution in [1.82, 2.24) is 14.7 Å². The molecule has 5 nitrogen and oxygen atoms in total. The summed E-state index contributed by atoms with van der Waals surface area (Å²) in [5.74, 6) is 1.18. The van der Waals surface area contributed by atoms with Crippen LogP contribution in [0, 0.1) is 0 Å². The number of piperazine rings is 1. The van der Waals surface area contributed by atoms with Crippen LogP contribution in [0.2, 0.25) is 0 Å². The van der Waals surface area contributed by atoms with Crippen molar-refractivity contribution < 1.29 is 9.53 Å². The van der Waals surface area contributed by atoms with Crippen LogP contribution in [0.4, 0.5) is 0 Å². The first kappa shape index (κ1) is 19.2. The van der Waals surface area contributed by atoms with Crippen LogP contribution in [0.15, 0.2) is 24.3 Å².